The van der Waals surface area contributed by atoms with Crippen molar-refractivity contribution in [1.29, 1.82) is 0 Å². The largest absolute Gasteiger partial charge is 0.310 e. The number of nitrogens with zero attached hydrogens (tertiary/aromatic N) is 8. The average molecular weight is 875 g/mol. The number of fused-ring (bicyclic) bond motifs is 7. The van der Waals surface area contributed by atoms with Crippen molar-refractivity contribution in [2.24, 2.45) is 0 Å². The Kier molecular flexibility index (Phi) is 9.60. The number of rotatable bonds is 8. The molecule has 8 heteroatoms. The standard InChI is InChI=1S/C60H42N8/c1-5-19-39(20-6-1)40-33-35-44(36-34-40)58-62-57(43-25-11-4-12-26-43)65-60(66-58)68-51-31-17-14-28-46(51)48-38-37-47-45-27-13-16-30-50(45)67(53(47)54(48)68)52-32-18-15-29-49(52)59-63-55(41-21-7-2-8-22-41)61-56(64-59)42-23-9-3-10-24-42/h1-17,19-23,25-31,33-38,42H,18,24,32H2. The van der Waals surface area contributed by atoms with E-state index in [0.29, 0.717) is 29.2 Å². The highest BCUT2D eigenvalue weighted by molar-refractivity contribution is 6.24. The molecule has 322 valence electrons. The fourth-order valence-corrected chi connectivity index (χ4v) is 10.00. The van der Waals surface area contributed by atoms with E-state index in [2.05, 4.69) is 179 Å². The lowest BCUT2D eigenvalue weighted by Gasteiger charge is -2.21. The van der Waals surface area contributed by atoms with Gasteiger partial charge in [-0.2, -0.15) is 9.97 Å². The number of allylic oxidation sites excluding steroid dienone is 8. The molecule has 1 atom stereocenters. The first-order chi connectivity index (χ1) is 33.7. The second kappa shape index (κ2) is 16.5. The highest BCUT2D eigenvalue weighted by Gasteiger charge is 2.27. The molecule has 8 nitrogen and oxygen atoms in total. The normalized spacial score (nSPS) is 14.8. The fraction of sp³-hybridized carbons (Fsp3) is 0.0667. The van der Waals surface area contributed by atoms with E-state index < -0.39 is 0 Å². The molecule has 0 fully saturated rings. The molecule has 4 heterocycles. The highest BCUT2D eigenvalue weighted by atomic mass is 15.2. The summed E-state index contributed by atoms with van der Waals surface area (Å²) in [5, 5.41) is 4.50. The molecule has 0 saturated heterocycles. The van der Waals surface area contributed by atoms with Crippen molar-refractivity contribution in [1.82, 2.24) is 39.0 Å². The van der Waals surface area contributed by atoms with Crippen LogP contribution in [0.5, 0.6) is 0 Å². The molecule has 68 heavy (non-hydrogen) atoms. The summed E-state index contributed by atoms with van der Waals surface area (Å²) < 4.78 is 4.73. The Morgan fingerprint density at radius 1 is 0.397 bits per heavy atom. The van der Waals surface area contributed by atoms with Gasteiger partial charge in [0.15, 0.2) is 23.3 Å². The summed E-state index contributed by atoms with van der Waals surface area (Å²) in [6.07, 6.45) is 15.5. The highest BCUT2D eigenvalue weighted by Crippen LogP contribution is 2.44. The van der Waals surface area contributed by atoms with Gasteiger partial charge in [0.05, 0.1) is 22.1 Å². The molecule has 0 saturated carbocycles. The number of hydrogen-bond acceptors (Lipinski definition) is 6. The second-order valence-electron chi connectivity index (χ2n) is 17.3. The SMILES string of the molecule is C1=CCC(c2nc(C3=C(n4c5ccccc5c5ccc6c7ccccc7n(-c7nc(-c8ccccc8)nc(-c8ccc(-c9ccccc9)cc8)n7)c6c54)CCC=C3)nc(-c3ccccc3)n2)C=C1. The maximum atomic E-state index is 5.40. The number of aromatic nitrogens is 8. The Bertz CT molecular complexity index is 3860. The maximum absolute atomic E-state index is 5.40. The molecule has 0 spiro atoms. The van der Waals surface area contributed by atoms with Crippen LogP contribution in [0.25, 0.3) is 106 Å². The van der Waals surface area contributed by atoms with Gasteiger partial charge in [-0.1, -0.05) is 200 Å². The smallest absolute Gasteiger partial charge is 0.238 e. The minimum Gasteiger partial charge on any atom is -0.310 e. The molecule has 4 aromatic heterocycles. The third kappa shape index (κ3) is 6.76. The lowest BCUT2D eigenvalue weighted by molar-refractivity contribution is 0.756. The van der Waals surface area contributed by atoms with Gasteiger partial charge in [-0.3, -0.25) is 4.57 Å². The Balaban J connectivity index is 1.10. The molecule has 0 radical (unpaired) electrons. The minimum absolute atomic E-state index is 0.0391. The van der Waals surface area contributed by atoms with Crippen LogP contribution in [-0.4, -0.2) is 39.0 Å². The summed E-state index contributed by atoms with van der Waals surface area (Å²) in [7, 11) is 0. The molecule has 0 N–H and O–H groups in total. The van der Waals surface area contributed by atoms with Gasteiger partial charge in [-0.05, 0) is 42.5 Å². The Morgan fingerprint density at radius 3 is 1.53 bits per heavy atom. The van der Waals surface area contributed by atoms with Crippen LogP contribution in [0.4, 0.5) is 0 Å². The van der Waals surface area contributed by atoms with E-state index in [1.54, 1.807) is 0 Å². The van der Waals surface area contributed by atoms with Crippen molar-refractivity contribution >= 4 is 54.9 Å². The predicted octanol–water partition coefficient (Wildman–Crippen LogP) is 14.2. The molecule has 0 aliphatic heterocycles. The van der Waals surface area contributed by atoms with Crippen molar-refractivity contribution in [2.75, 3.05) is 0 Å². The lowest BCUT2D eigenvalue weighted by Crippen LogP contribution is -2.12. The van der Waals surface area contributed by atoms with Crippen molar-refractivity contribution < 1.29 is 0 Å². The van der Waals surface area contributed by atoms with Gasteiger partial charge >= 0.3 is 0 Å². The summed E-state index contributed by atoms with van der Waals surface area (Å²) in [6, 6.07) is 61.3. The molecule has 0 bridgehead atoms. The van der Waals surface area contributed by atoms with Crippen LogP contribution in [0.15, 0.2) is 212 Å². The van der Waals surface area contributed by atoms with Gasteiger partial charge in [0.1, 0.15) is 5.82 Å². The van der Waals surface area contributed by atoms with Crippen LogP contribution in [0.2, 0.25) is 0 Å². The second-order valence-corrected chi connectivity index (χ2v) is 17.3. The maximum Gasteiger partial charge on any atom is 0.238 e. The van der Waals surface area contributed by atoms with E-state index in [4.69, 9.17) is 29.9 Å². The Hall–Kier alpha value is -8.88. The summed E-state index contributed by atoms with van der Waals surface area (Å²) in [6.45, 7) is 0. The van der Waals surface area contributed by atoms with E-state index in [9.17, 15) is 0 Å². The van der Waals surface area contributed by atoms with Gasteiger partial charge in [-0.25, -0.2) is 19.9 Å². The average Bonchev–Trinajstić information content (AvgIpc) is 3.95. The van der Waals surface area contributed by atoms with E-state index in [1.165, 1.54) is 0 Å². The number of hydrogen-bond donors (Lipinski definition) is 0. The zero-order valence-corrected chi connectivity index (χ0v) is 37.0. The third-order valence-corrected chi connectivity index (χ3v) is 13.2. The zero-order valence-electron chi connectivity index (χ0n) is 37.0. The van der Waals surface area contributed by atoms with Crippen LogP contribution in [0.3, 0.4) is 0 Å². The molecule has 11 aromatic rings. The summed E-state index contributed by atoms with van der Waals surface area (Å²) >= 11 is 0. The molecule has 13 rings (SSSR count). The lowest BCUT2D eigenvalue weighted by atomic mass is 9.99. The fourth-order valence-electron chi connectivity index (χ4n) is 10.00. The Labute approximate surface area is 392 Å². The van der Waals surface area contributed by atoms with E-state index >= 15 is 0 Å². The van der Waals surface area contributed by atoms with Crippen molar-refractivity contribution in [2.45, 2.75) is 25.2 Å². The molecule has 2 aliphatic rings. The molecule has 0 amide bonds. The topological polar surface area (TPSA) is 87.2 Å². The quantitative estimate of drug-likeness (QED) is 0.151. The van der Waals surface area contributed by atoms with Gasteiger partial charge in [0.25, 0.3) is 0 Å². The summed E-state index contributed by atoms with van der Waals surface area (Å²) in [5.41, 5.74) is 11.3. The van der Waals surface area contributed by atoms with Crippen molar-refractivity contribution in [3.63, 3.8) is 0 Å². The summed E-state index contributed by atoms with van der Waals surface area (Å²) in [5.74, 6) is 3.86. The van der Waals surface area contributed by atoms with Gasteiger partial charge in [0.2, 0.25) is 5.95 Å². The third-order valence-electron chi connectivity index (χ3n) is 13.2. The van der Waals surface area contributed by atoms with Crippen LogP contribution in [0, 0.1) is 0 Å². The Morgan fingerprint density at radius 2 is 0.897 bits per heavy atom. The molecular formula is C60H42N8. The zero-order chi connectivity index (χ0) is 45.0. The van der Waals surface area contributed by atoms with Crippen LogP contribution in [0.1, 0.15) is 36.8 Å². The first-order valence-electron chi connectivity index (χ1n) is 23.2. The van der Waals surface area contributed by atoms with Crippen molar-refractivity contribution in [3.05, 3.63) is 224 Å². The first-order valence-corrected chi connectivity index (χ1v) is 23.2. The van der Waals surface area contributed by atoms with Crippen molar-refractivity contribution in [3.8, 4) is 51.2 Å². The molecule has 7 aromatic carbocycles. The first kappa shape index (κ1) is 39.5. The molecular weight excluding hydrogens is 833 g/mol. The monoisotopic (exact) mass is 874 g/mol. The van der Waals surface area contributed by atoms with Gasteiger partial charge in [-0.15, -0.1) is 0 Å². The summed E-state index contributed by atoms with van der Waals surface area (Å²) in [4.78, 5) is 31.7. The predicted molar refractivity (Wildman–Crippen MR) is 276 cm³/mol. The van der Waals surface area contributed by atoms with Gasteiger partial charge < -0.3 is 4.57 Å². The molecule has 1 unspecified atom stereocenters. The van der Waals surface area contributed by atoms with E-state index in [-0.39, 0.29) is 5.92 Å². The minimum atomic E-state index is 0.0391. The van der Waals surface area contributed by atoms with Crippen LogP contribution in [-0.2, 0) is 0 Å². The molecule has 2 aliphatic carbocycles. The number of para-hydroxylation sites is 2. The van der Waals surface area contributed by atoms with Crippen LogP contribution < -0.4 is 0 Å². The van der Waals surface area contributed by atoms with Gasteiger partial charge in [0, 0.05) is 55.4 Å². The van der Waals surface area contributed by atoms with E-state index in [1.807, 2.05) is 42.5 Å². The number of benzene rings is 7. The van der Waals surface area contributed by atoms with E-state index in [0.717, 1.165) is 108 Å². The van der Waals surface area contributed by atoms with Crippen LogP contribution >= 0.6 is 0 Å².